The van der Waals surface area contributed by atoms with Crippen LogP contribution in [0, 0.1) is 0 Å². The van der Waals surface area contributed by atoms with E-state index in [0.717, 1.165) is 23.3 Å². The molecule has 0 fully saturated rings. The first-order chi connectivity index (χ1) is 6.68. The van der Waals surface area contributed by atoms with Crippen molar-refractivity contribution in [2.75, 3.05) is 0 Å². The number of aromatic nitrogens is 3. The Bertz CT molecular complexity index is 444. The van der Waals surface area contributed by atoms with E-state index in [-0.39, 0.29) is 6.04 Å². The summed E-state index contributed by atoms with van der Waals surface area (Å²) in [6.07, 6.45) is 4.35. The van der Waals surface area contributed by atoms with Crippen LogP contribution in [-0.2, 0) is 13.5 Å². The summed E-state index contributed by atoms with van der Waals surface area (Å²) in [6.45, 7) is 1.98. The Balaban J connectivity index is 2.51. The molecule has 4 heteroatoms. The van der Waals surface area contributed by atoms with Gasteiger partial charge in [-0.15, -0.1) is 0 Å². The molecule has 0 aromatic carbocycles. The molecular weight excluding hydrogens is 176 g/mol. The van der Waals surface area contributed by atoms with E-state index in [2.05, 4.69) is 14.5 Å². The maximum absolute atomic E-state index is 5.75. The molecule has 4 nitrogen and oxygen atoms in total. The van der Waals surface area contributed by atoms with Crippen molar-refractivity contribution in [1.29, 1.82) is 0 Å². The lowest BCUT2D eigenvalue weighted by molar-refractivity contribution is 0.678. The van der Waals surface area contributed by atoms with Crippen molar-refractivity contribution < 1.29 is 0 Å². The van der Waals surface area contributed by atoms with E-state index in [9.17, 15) is 0 Å². The number of hydrogen-bond acceptors (Lipinski definition) is 3. The van der Waals surface area contributed by atoms with Crippen molar-refractivity contribution in [1.82, 2.24) is 14.5 Å². The number of fused-ring (bicyclic) bond motifs is 1. The third-order valence-electron chi connectivity index (χ3n) is 2.28. The van der Waals surface area contributed by atoms with Gasteiger partial charge in [-0.1, -0.05) is 0 Å². The van der Waals surface area contributed by atoms with Gasteiger partial charge in [-0.25, -0.2) is 4.98 Å². The third-order valence-corrected chi connectivity index (χ3v) is 2.28. The minimum Gasteiger partial charge on any atom is -0.331 e. The molecule has 0 spiro atoms. The van der Waals surface area contributed by atoms with Crippen LogP contribution in [0.25, 0.3) is 11.0 Å². The summed E-state index contributed by atoms with van der Waals surface area (Å²) in [5.74, 6) is 1.02. The van der Waals surface area contributed by atoms with Crippen LogP contribution >= 0.6 is 0 Å². The number of rotatable bonds is 2. The molecule has 2 aromatic heterocycles. The van der Waals surface area contributed by atoms with Gasteiger partial charge in [0.15, 0.2) is 0 Å². The summed E-state index contributed by atoms with van der Waals surface area (Å²) in [4.78, 5) is 8.51. The van der Waals surface area contributed by atoms with Crippen LogP contribution in [0.2, 0.25) is 0 Å². The third kappa shape index (κ3) is 1.48. The highest BCUT2D eigenvalue weighted by Gasteiger charge is 2.08. The molecule has 1 atom stereocenters. The monoisotopic (exact) mass is 190 g/mol. The van der Waals surface area contributed by atoms with Crippen molar-refractivity contribution >= 4 is 11.0 Å². The first-order valence-corrected chi connectivity index (χ1v) is 4.69. The first-order valence-electron chi connectivity index (χ1n) is 4.69. The van der Waals surface area contributed by atoms with Crippen molar-refractivity contribution in [2.45, 2.75) is 19.4 Å². The summed E-state index contributed by atoms with van der Waals surface area (Å²) in [7, 11) is 2.01. The summed E-state index contributed by atoms with van der Waals surface area (Å²) in [5.41, 5.74) is 7.79. The van der Waals surface area contributed by atoms with E-state index in [4.69, 9.17) is 5.73 Å². The standard InChI is InChI=1S/C10H14N4/c1-7(11)5-10-13-8-6-12-4-3-9(8)14(10)2/h3-4,6-7H,5,11H2,1-2H3. The molecule has 2 aromatic rings. The highest BCUT2D eigenvalue weighted by molar-refractivity contribution is 5.74. The van der Waals surface area contributed by atoms with Gasteiger partial charge in [0.1, 0.15) is 11.3 Å². The molecule has 2 N–H and O–H groups in total. The van der Waals surface area contributed by atoms with E-state index < -0.39 is 0 Å². The van der Waals surface area contributed by atoms with Gasteiger partial charge < -0.3 is 10.3 Å². The van der Waals surface area contributed by atoms with Gasteiger partial charge >= 0.3 is 0 Å². The Morgan fingerprint density at radius 1 is 1.57 bits per heavy atom. The Kier molecular flexibility index (Phi) is 2.21. The van der Waals surface area contributed by atoms with Crippen LogP contribution in [-0.4, -0.2) is 20.6 Å². The predicted octanol–water partition coefficient (Wildman–Crippen LogP) is 0.858. The number of imidazole rings is 1. The number of nitrogens with zero attached hydrogens (tertiary/aromatic N) is 3. The molecule has 0 aliphatic rings. The van der Waals surface area contributed by atoms with E-state index in [0.29, 0.717) is 0 Å². The molecule has 0 amide bonds. The fourth-order valence-electron chi connectivity index (χ4n) is 1.57. The van der Waals surface area contributed by atoms with Gasteiger partial charge in [0.05, 0.1) is 11.7 Å². The van der Waals surface area contributed by atoms with Crippen molar-refractivity contribution in [3.05, 3.63) is 24.3 Å². The average molecular weight is 190 g/mol. The zero-order valence-electron chi connectivity index (χ0n) is 8.44. The van der Waals surface area contributed by atoms with Gasteiger partial charge in [-0.2, -0.15) is 0 Å². The van der Waals surface area contributed by atoms with Gasteiger partial charge in [-0.05, 0) is 13.0 Å². The maximum atomic E-state index is 5.75. The molecule has 0 aliphatic carbocycles. The lowest BCUT2D eigenvalue weighted by atomic mass is 10.2. The van der Waals surface area contributed by atoms with Crippen LogP contribution in [0.5, 0.6) is 0 Å². The number of hydrogen-bond donors (Lipinski definition) is 1. The molecule has 0 aliphatic heterocycles. The Labute approximate surface area is 82.8 Å². The second kappa shape index (κ2) is 3.38. The van der Waals surface area contributed by atoms with Crippen molar-refractivity contribution in [2.24, 2.45) is 12.8 Å². The van der Waals surface area contributed by atoms with E-state index in [1.54, 1.807) is 12.4 Å². The summed E-state index contributed by atoms with van der Waals surface area (Å²) in [6, 6.07) is 2.10. The Morgan fingerprint density at radius 3 is 3.00 bits per heavy atom. The van der Waals surface area contributed by atoms with E-state index in [1.165, 1.54) is 0 Å². The molecule has 0 radical (unpaired) electrons. The lowest BCUT2D eigenvalue weighted by Gasteiger charge is -2.04. The molecular formula is C10H14N4. The highest BCUT2D eigenvalue weighted by Crippen LogP contribution is 2.13. The molecule has 2 heterocycles. The largest absolute Gasteiger partial charge is 0.331 e. The number of nitrogens with two attached hydrogens (primary N) is 1. The second-order valence-electron chi connectivity index (χ2n) is 3.63. The summed E-state index contributed by atoms with van der Waals surface area (Å²) < 4.78 is 2.07. The highest BCUT2D eigenvalue weighted by atomic mass is 15.1. The van der Waals surface area contributed by atoms with Gasteiger partial charge in [-0.3, -0.25) is 4.98 Å². The van der Waals surface area contributed by atoms with Gasteiger partial charge in [0.2, 0.25) is 0 Å². The molecule has 0 bridgehead atoms. The van der Waals surface area contributed by atoms with Gasteiger partial charge in [0, 0.05) is 25.7 Å². The number of aryl methyl sites for hydroxylation is 1. The predicted molar refractivity (Wildman–Crippen MR) is 55.9 cm³/mol. The molecule has 2 rings (SSSR count). The Hall–Kier alpha value is -1.42. The minimum absolute atomic E-state index is 0.137. The van der Waals surface area contributed by atoms with E-state index >= 15 is 0 Å². The number of pyridine rings is 1. The van der Waals surface area contributed by atoms with Crippen LogP contribution in [0.15, 0.2) is 18.5 Å². The van der Waals surface area contributed by atoms with Crippen LogP contribution in [0.1, 0.15) is 12.7 Å². The van der Waals surface area contributed by atoms with E-state index in [1.807, 2.05) is 20.0 Å². The summed E-state index contributed by atoms with van der Waals surface area (Å²) >= 11 is 0. The fraction of sp³-hybridized carbons (Fsp3) is 0.400. The molecule has 74 valence electrons. The quantitative estimate of drug-likeness (QED) is 0.764. The summed E-state index contributed by atoms with van der Waals surface area (Å²) in [5, 5.41) is 0. The topological polar surface area (TPSA) is 56.7 Å². The SMILES string of the molecule is CC(N)Cc1nc2cnccc2n1C. The molecule has 0 saturated carbocycles. The molecule has 1 unspecified atom stereocenters. The lowest BCUT2D eigenvalue weighted by Crippen LogP contribution is -2.19. The first kappa shape index (κ1) is 9.15. The molecule has 0 saturated heterocycles. The van der Waals surface area contributed by atoms with Crippen molar-refractivity contribution in [3.8, 4) is 0 Å². The smallest absolute Gasteiger partial charge is 0.111 e. The van der Waals surface area contributed by atoms with Gasteiger partial charge in [0.25, 0.3) is 0 Å². The zero-order valence-corrected chi connectivity index (χ0v) is 8.44. The normalized spacial score (nSPS) is 13.4. The maximum Gasteiger partial charge on any atom is 0.111 e. The Morgan fingerprint density at radius 2 is 2.36 bits per heavy atom. The fourth-order valence-corrected chi connectivity index (χ4v) is 1.57. The minimum atomic E-state index is 0.137. The van der Waals surface area contributed by atoms with Crippen molar-refractivity contribution in [3.63, 3.8) is 0 Å². The van der Waals surface area contributed by atoms with Crippen LogP contribution in [0.3, 0.4) is 0 Å². The molecule has 14 heavy (non-hydrogen) atoms. The van der Waals surface area contributed by atoms with Crippen LogP contribution < -0.4 is 5.73 Å². The average Bonchev–Trinajstić information content (AvgIpc) is 2.44. The van der Waals surface area contributed by atoms with Crippen LogP contribution in [0.4, 0.5) is 0 Å². The zero-order chi connectivity index (χ0) is 10.1. The second-order valence-corrected chi connectivity index (χ2v) is 3.63.